The van der Waals surface area contributed by atoms with E-state index in [4.69, 9.17) is 0 Å². The summed E-state index contributed by atoms with van der Waals surface area (Å²) >= 11 is 0. The predicted molar refractivity (Wildman–Crippen MR) is 91.8 cm³/mol. The normalized spacial score (nSPS) is 16.0. The van der Waals surface area contributed by atoms with E-state index < -0.39 is 17.8 Å². The molecule has 4 rings (SSSR count). The van der Waals surface area contributed by atoms with Crippen LogP contribution in [0.1, 0.15) is 11.1 Å². The number of urea groups is 1. The molecule has 0 atom stereocenters. The molecule has 6 heteroatoms. The van der Waals surface area contributed by atoms with E-state index in [-0.39, 0.29) is 12.2 Å². The summed E-state index contributed by atoms with van der Waals surface area (Å²) in [5.74, 6) is -0.921. The fraction of sp³-hybridized carbons (Fsp3) is 0.0526. The molecule has 124 valence electrons. The van der Waals surface area contributed by atoms with Gasteiger partial charge in [0.15, 0.2) is 0 Å². The van der Waals surface area contributed by atoms with Gasteiger partial charge in [-0.3, -0.25) is 9.69 Å². The van der Waals surface area contributed by atoms with Gasteiger partial charge < -0.3 is 10.3 Å². The molecule has 1 aliphatic rings. The maximum Gasteiger partial charge on any atom is 0.329 e. The van der Waals surface area contributed by atoms with Gasteiger partial charge in [-0.2, -0.15) is 0 Å². The molecule has 0 saturated carbocycles. The van der Waals surface area contributed by atoms with Crippen LogP contribution < -0.4 is 5.32 Å². The molecule has 0 unspecified atom stereocenters. The van der Waals surface area contributed by atoms with Crippen molar-refractivity contribution in [2.45, 2.75) is 6.54 Å². The van der Waals surface area contributed by atoms with Gasteiger partial charge in [0.25, 0.3) is 5.91 Å². The van der Waals surface area contributed by atoms with Crippen LogP contribution in [0, 0.1) is 5.82 Å². The number of hydrogen-bond acceptors (Lipinski definition) is 2. The molecule has 2 aromatic carbocycles. The lowest BCUT2D eigenvalue weighted by Crippen LogP contribution is -2.30. The van der Waals surface area contributed by atoms with Crippen LogP contribution >= 0.6 is 0 Å². The van der Waals surface area contributed by atoms with E-state index in [1.807, 2.05) is 24.3 Å². The smallest absolute Gasteiger partial charge is 0.329 e. The third-order valence-corrected chi connectivity index (χ3v) is 4.17. The second-order valence-corrected chi connectivity index (χ2v) is 5.76. The van der Waals surface area contributed by atoms with E-state index in [1.165, 1.54) is 6.07 Å². The Morgan fingerprint density at radius 1 is 1.04 bits per heavy atom. The van der Waals surface area contributed by atoms with Crippen molar-refractivity contribution in [1.82, 2.24) is 15.2 Å². The van der Waals surface area contributed by atoms with Gasteiger partial charge in [-0.15, -0.1) is 0 Å². The maximum absolute atomic E-state index is 13.8. The number of halogens is 1. The average Bonchev–Trinajstić information content (AvgIpc) is 3.13. The standard InChI is InChI=1S/C19H14FN3O2/c20-15-7-3-1-5-12(15)11-23-18(24)17(22-19(23)25)9-13-10-21-16-8-4-2-6-14(13)16/h1-10,21H,11H2,(H,22,25)/b17-9-. The number of imide groups is 1. The van der Waals surface area contributed by atoms with E-state index in [2.05, 4.69) is 10.3 Å². The first-order chi connectivity index (χ1) is 12.1. The zero-order valence-electron chi connectivity index (χ0n) is 13.1. The minimum absolute atomic E-state index is 0.109. The third-order valence-electron chi connectivity index (χ3n) is 4.17. The summed E-state index contributed by atoms with van der Waals surface area (Å²) in [6.45, 7) is -0.109. The zero-order valence-corrected chi connectivity index (χ0v) is 13.1. The van der Waals surface area contributed by atoms with E-state index in [9.17, 15) is 14.0 Å². The molecule has 25 heavy (non-hydrogen) atoms. The Hall–Kier alpha value is -3.41. The molecule has 2 heterocycles. The first-order valence-electron chi connectivity index (χ1n) is 7.77. The maximum atomic E-state index is 13.8. The van der Waals surface area contributed by atoms with E-state index >= 15 is 0 Å². The second kappa shape index (κ2) is 5.90. The SMILES string of the molecule is O=C1N/C(=C\c2c[nH]c3ccccc23)C(=O)N1Cc1ccccc1F. The second-order valence-electron chi connectivity index (χ2n) is 5.76. The summed E-state index contributed by atoms with van der Waals surface area (Å²) in [4.78, 5) is 28.8. The molecule has 1 fully saturated rings. The van der Waals surface area contributed by atoms with Gasteiger partial charge in [-0.05, 0) is 18.2 Å². The lowest BCUT2D eigenvalue weighted by molar-refractivity contribution is -0.123. The third kappa shape index (κ3) is 2.67. The highest BCUT2D eigenvalue weighted by Gasteiger charge is 2.34. The summed E-state index contributed by atoms with van der Waals surface area (Å²) in [6, 6.07) is 13.2. The number of nitrogens with zero attached hydrogens (tertiary/aromatic N) is 1. The van der Waals surface area contributed by atoms with Crippen molar-refractivity contribution in [3.05, 3.63) is 77.4 Å². The Morgan fingerprint density at radius 3 is 2.64 bits per heavy atom. The average molecular weight is 335 g/mol. The Morgan fingerprint density at radius 2 is 1.80 bits per heavy atom. The van der Waals surface area contributed by atoms with E-state index in [1.54, 1.807) is 30.5 Å². The fourth-order valence-electron chi connectivity index (χ4n) is 2.88. The summed E-state index contributed by atoms with van der Waals surface area (Å²) < 4.78 is 13.8. The van der Waals surface area contributed by atoms with Crippen LogP contribution in [-0.2, 0) is 11.3 Å². The molecule has 0 bridgehead atoms. The Balaban J connectivity index is 1.64. The van der Waals surface area contributed by atoms with Crippen molar-refractivity contribution in [3.8, 4) is 0 Å². The van der Waals surface area contributed by atoms with Crippen LogP contribution in [0.5, 0.6) is 0 Å². The highest BCUT2D eigenvalue weighted by atomic mass is 19.1. The van der Waals surface area contributed by atoms with Crippen molar-refractivity contribution in [2.24, 2.45) is 0 Å². The molecular weight excluding hydrogens is 321 g/mol. The number of aromatic amines is 1. The molecule has 2 N–H and O–H groups in total. The number of hydrogen-bond donors (Lipinski definition) is 2. The van der Waals surface area contributed by atoms with Crippen molar-refractivity contribution < 1.29 is 14.0 Å². The summed E-state index contributed by atoms with van der Waals surface area (Å²) in [5.41, 5.74) is 2.20. The summed E-state index contributed by atoms with van der Waals surface area (Å²) in [6.07, 6.45) is 3.40. The van der Waals surface area contributed by atoms with Crippen molar-refractivity contribution in [3.63, 3.8) is 0 Å². The summed E-state index contributed by atoms with van der Waals surface area (Å²) in [7, 11) is 0. The van der Waals surface area contributed by atoms with Crippen LogP contribution in [0.25, 0.3) is 17.0 Å². The largest absolute Gasteiger partial charge is 0.361 e. The van der Waals surface area contributed by atoms with Crippen LogP contribution in [-0.4, -0.2) is 21.8 Å². The number of fused-ring (bicyclic) bond motifs is 1. The zero-order chi connectivity index (χ0) is 17.4. The number of aromatic nitrogens is 1. The number of carbonyl (C=O) groups is 2. The molecule has 0 spiro atoms. The van der Waals surface area contributed by atoms with Crippen LogP contribution in [0.2, 0.25) is 0 Å². The molecule has 5 nitrogen and oxygen atoms in total. The van der Waals surface area contributed by atoms with Crippen LogP contribution in [0.3, 0.4) is 0 Å². The molecule has 0 radical (unpaired) electrons. The number of benzene rings is 2. The Kier molecular flexibility index (Phi) is 3.57. The van der Waals surface area contributed by atoms with Crippen LogP contribution in [0.15, 0.2) is 60.4 Å². The highest BCUT2D eigenvalue weighted by Crippen LogP contribution is 2.23. The van der Waals surface area contributed by atoms with Crippen molar-refractivity contribution in [1.29, 1.82) is 0 Å². The number of carbonyl (C=O) groups excluding carboxylic acids is 2. The Bertz CT molecular complexity index is 1020. The molecule has 1 aromatic heterocycles. The number of nitrogens with one attached hydrogen (secondary N) is 2. The number of rotatable bonds is 3. The van der Waals surface area contributed by atoms with Gasteiger partial charge in [0.2, 0.25) is 0 Å². The van der Waals surface area contributed by atoms with Gasteiger partial charge in [0.1, 0.15) is 11.5 Å². The molecule has 1 aliphatic heterocycles. The monoisotopic (exact) mass is 335 g/mol. The van der Waals surface area contributed by atoms with Crippen LogP contribution in [0.4, 0.5) is 9.18 Å². The van der Waals surface area contributed by atoms with Gasteiger partial charge in [-0.1, -0.05) is 36.4 Å². The van der Waals surface area contributed by atoms with E-state index in [0.29, 0.717) is 5.56 Å². The number of amides is 3. The minimum Gasteiger partial charge on any atom is -0.361 e. The lowest BCUT2D eigenvalue weighted by atomic mass is 10.1. The van der Waals surface area contributed by atoms with E-state index in [0.717, 1.165) is 21.4 Å². The topological polar surface area (TPSA) is 65.2 Å². The van der Waals surface area contributed by atoms with Crippen molar-refractivity contribution in [2.75, 3.05) is 0 Å². The lowest BCUT2D eigenvalue weighted by Gasteiger charge is -2.12. The van der Waals surface area contributed by atoms with Gasteiger partial charge in [0, 0.05) is 28.2 Å². The van der Waals surface area contributed by atoms with Gasteiger partial charge in [-0.25, -0.2) is 9.18 Å². The minimum atomic E-state index is -0.556. The first-order valence-corrected chi connectivity index (χ1v) is 7.77. The molecule has 0 aliphatic carbocycles. The predicted octanol–water partition coefficient (Wildman–Crippen LogP) is 3.40. The molecule has 3 amide bonds. The molecular formula is C19H14FN3O2. The Labute approximate surface area is 142 Å². The number of H-pyrrole nitrogens is 1. The number of para-hydroxylation sites is 1. The quantitative estimate of drug-likeness (QED) is 0.569. The first kappa shape index (κ1) is 15.1. The fourth-order valence-corrected chi connectivity index (χ4v) is 2.88. The van der Waals surface area contributed by atoms with Gasteiger partial charge >= 0.3 is 6.03 Å². The van der Waals surface area contributed by atoms with Gasteiger partial charge in [0.05, 0.1) is 6.54 Å². The highest BCUT2D eigenvalue weighted by molar-refractivity contribution is 6.14. The van der Waals surface area contributed by atoms with Crippen molar-refractivity contribution >= 4 is 28.9 Å². The molecule has 3 aromatic rings. The molecule has 1 saturated heterocycles. The summed E-state index contributed by atoms with van der Waals surface area (Å²) in [5, 5.41) is 3.51.